The van der Waals surface area contributed by atoms with Crippen molar-refractivity contribution in [2.24, 2.45) is 5.73 Å². The van der Waals surface area contributed by atoms with Crippen LogP contribution in [0.15, 0.2) is 47.8 Å². The lowest BCUT2D eigenvalue weighted by Crippen LogP contribution is -2.36. The van der Waals surface area contributed by atoms with Crippen LogP contribution >= 0.6 is 23.7 Å². The lowest BCUT2D eigenvalue weighted by atomic mass is 10.1. The molecule has 2 N–H and O–H groups in total. The lowest BCUT2D eigenvalue weighted by Gasteiger charge is -2.21. The van der Waals surface area contributed by atoms with Gasteiger partial charge in [0.25, 0.3) is 0 Å². The molecule has 1 atom stereocenters. The van der Waals surface area contributed by atoms with E-state index in [1.807, 2.05) is 41.8 Å². The minimum atomic E-state index is -0.575. The van der Waals surface area contributed by atoms with Gasteiger partial charge in [-0.25, -0.2) is 0 Å². The van der Waals surface area contributed by atoms with Gasteiger partial charge in [-0.15, -0.1) is 23.7 Å². The van der Waals surface area contributed by atoms with Gasteiger partial charge < -0.3 is 10.6 Å². The molecule has 0 aliphatic carbocycles. The Bertz CT molecular complexity index is 516. The van der Waals surface area contributed by atoms with Crippen molar-refractivity contribution < 1.29 is 4.79 Å². The first-order valence-electron chi connectivity index (χ1n) is 6.26. The average Bonchev–Trinajstić information content (AvgIpc) is 2.97. The topological polar surface area (TPSA) is 46.3 Å². The van der Waals surface area contributed by atoms with Crippen molar-refractivity contribution in [3.05, 3.63) is 58.3 Å². The van der Waals surface area contributed by atoms with Crippen LogP contribution in [0, 0.1) is 0 Å². The molecule has 1 aromatic carbocycles. The highest BCUT2D eigenvalue weighted by atomic mass is 35.5. The van der Waals surface area contributed by atoms with Crippen LogP contribution < -0.4 is 5.73 Å². The normalized spacial score (nSPS) is 11.5. The number of hydrogen-bond donors (Lipinski definition) is 1. The van der Waals surface area contributed by atoms with Gasteiger partial charge in [-0.1, -0.05) is 36.4 Å². The van der Waals surface area contributed by atoms with E-state index in [2.05, 4.69) is 6.07 Å². The fourth-order valence-electron chi connectivity index (χ4n) is 1.88. The summed E-state index contributed by atoms with van der Waals surface area (Å²) in [5.41, 5.74) is 6.86. The average molecular weight is 311 g/mol. The zero-order valence-electron chi connectivity index (χ0n) is 11.4. The van der Waals surface area contributed by atoms with Crippen molar-refractivity contribution in [3.8, 4) is 0 Å². The van der Waals surface area contributed by atoms with E-state index in [0.29, 0.717) is 6.54 Å². The van der Waals surface area contributed by atoms with Crippen LogP contribution in [0.25, 0.3) is 0 Å². The van der Waals surface area contributed by atoms with Gasteiger partial charge in [0.05, 0.1) is 0 Å². The van der Waals surface area contributed by atoms with E-state index in [9.17, 15) is 4.79 Å². The molecule has 0 fully saturated rings. The van der Waals surface area contributed by atoms with Crippen molar-refractivity contribution in [2.45, 2.75) is 12.5 Å². The van der Waals surface area contributed by atoms with E-state index in [1.54, 1.807) is 23.3 Å². The predicted molar refractivity (Wildman–Crippen MR) is 86.3 cm³/mol. The number of thiophene rings is 1. The molecule has 1 amide bonds. The molecule has 0 saturated heterocycles. The molecule has 0 aliphatic heterocycles. The van der Waals surface area contributed by atoms with Crippen molar-refractivity contribution in [1.29, 1.82) is 0 Å². The Labute approximate surface area is 129 Å². The predicted octanol–water partition coefficient (Wildman–Crippen LogP) is 2.87. The van der Waals surface area contributed by atoms with E-state index in [0.717, 1.165) is 12.0 Å². The van der Waals surface area contributed by atoms with Crippen molar-refractivity contribution in [1.82, 2.24) is 4.90 Å². The molecule has 1 unspecified atom stereocenters. The van der Waals surface area contributed by atoms with Gasteiger partial charge in [0.2, 0.25) is 5.91 Å². The van der Waals surface area contributed by atoms with Gasteiger partial charge in [0.15, 0.2) is 0 Å². The van der Waals surface area contributed by atoms with E-state index >= 15 is 0 Å². The molecule has 0 radical (unpaired) electrons. The number of hydrogen-bond acceptors (Lipinski definition) is 3. The summed E-state index contributed by atoms with van der Waals surface area (Å²) in [7, 11) is 1.80. The minimum absolute atomic E-state index is 0. The molecule has 0 bridgehead atoms. The standard InChI is InChI=1S/C15H18N2OS.ClH/c1-17(10-9-13-8-5-11-19-13)15(18)14(16)12-6-3-2-4-7-12;/h2-8,11,14H,9-10,16H2,1H3;1H. The Kier molecular flexibility index (Phi) is 6.71. The second-order valence-corrected chi connectivity index (χ2v) is 5.51. The number of nitrogens with two attached hydrogens (primary N) is 1. The van der Waals surface area contributed by atoms with Gasteiger partial charge in [0, 0.05) is 18.5 Å². The number of nitrogens with zero attached hydrogens (tertiary/aromatic N) is 1. The van der Waals surface area contributed by atoms with E-state index in [1.165, 1.54) is 4.88 Å². The lowest BCUT2D eigenvalue weighted by molar-refractivity contribution is -0.131. The first-order chi connectivity index (χ1) is 9.18. The molecule has 2 aromatic rings. The molecule has 5 heteroatoms. The van der Waals surface area contributed by atoms with Crippen LogP contribution in [0.1, 0.15) is 16.5 Å². The Balaban J connectivity index is 0.00000200. The second kappa shape index (κ2) is 8.04. The third kappa shape index (κ3) is 4.34. The molecular formula is C15H19ClN2OS. The molecule has 1 aromatic heterocycles. The highest BCUT2D eigenvalue weighted by Crippen LogP contribution is 2.14. The smallest absolute Gasteiger partial charge is 0.243 e. The minimum Gasteiger partial charge on any atom is -0.344 e. The van der Waals surface area contributed by atoms with Crippen molar-refractivity contribution >= 4 is 29.7 Å². The Morgan fingerprint density at radius 3 is 2.55 bits per heavy atom. The first-order valence-corrected chi connectivity index (χ1v) is 7.14. The zero-order valence-corrected chi connectivity index (χ0v) is 13.0. The quantitative estimate of drug-likeness (QED) is 0.923. The number of benzene rings is 1. The Hall–Kier alpha value is -1.36. The van der Waals surface area contributed by atoms with Crippen LogP contribution in [-0.4, -0.2) is 24.4 Å². The fraction of sp³-hybridized carbons (Fsp3) is 0.267. The van der Waals surface area contributed by atoms with Crippen LogP contribution in [0.5, 0.6) is 0 Å². The molecule has 3 nitrogen and oxygen atoms in total. The van der Waals surface area contributed by atoms with Crippen LogP contribution in [0.3, 0.4) is 0 Å². The summed E-state index contributed by atoms with van der Waals surface area (Å²) < 4.78 is 0. The third-order valence-electron chi connectivity index (χ3n) is 3.07. The van der Waals surface area contributed by atoms with E-state index in [4.69, 9.17) is 5.73 Å². The molecule has 1 heterocycles. The van der Waals surface area contributed by atoms with E-state index < -0.39 is 6.04 Å². The fourth-order valence-corrected chi connectivity index (χ4v) is 2.58. The second-order valence-electron chi connectivity index (χ2n) is 4.48. The maximum absolute atomic E-state index is 12.2. The Morgan fingerprint density at radius 1 is 1.25 bits per heavy atom. The molecular weight excluding hydrogens is 292 g/mol. The highest BCUT2D eigenvalue weighted by Gasteiger charge is 2.19. The highest BCUT2D eigenvalue weighted by molar-refractivity contribution is 7.09. The number of carbonyl (C=O) groups excluding carboxylic acids is 1. The van der Waals surface area contributed by atoms with Crippen molar-refractivity contribution in [3.63, 3.8) is 0 Å². The number of carbonyl (C=O) groups is 1. The summed E-state index contributed by atoms with van der Waals surface area (Å²) in [6, 6.07) is 13.0. The molecule has 0 saturated carbocycles. The zero-order chi connectivity index (χ0) is 13.7. The summed E-state index contributed by atoms with van der Waals surface area (Å²) >= 11 is 1.71. The Morgan fingerprint density at radius 2 is 1.95 bits per heavy atom. The number of likely N-dealkylation sites (N-methyl/N-ethyl adjacent to an activating group) is 1. The first kappa shape index (κ1) is 16.7. The summed E-state index contributed by atoms with van der Waals surface area (Å²) in [6.45, 7) is 0.694. The molecule has 108 valence electrons. The number of amides is 1. The summed E-state index contributed by atoms with van der Waals surface area (Å²) in [6.07, 6.45) is 0.876. The molecule has 0 spiro atoms. The van der Waals surface area contributed by atoms with Gasteiger partial charge >= 0.3 is 0 Å². The maximum Gasteiger partial charge on any atom is 0.243 e. The summed E-state index contributed by atoms with van der Waals surface area (Å²) in [4.78, 5) is 15.2. The van der Waals surface area contributed by atoms with Gasteiger partial charge in [-0.3, -0.25) is 4.79 Å². The van der Waals surface area contributed by atoms with Crippen molar-refractivity contribution in [2.75, 3.05) is 13.6 Å². The van der Waals surface area contributed by atoms with E-state index in [-0.39, 0.29) is 18.3 Å². The van der Waals surface area contributed by atoms with Crippen LogP contribution in [0.4, 0.5) is 0 Å². The summed E-state index contributed by atoms with van der Waals surface area (Å²) in [5.74, 6) is -0.0391. The van der Waals surface area contributed by atoms with Crippen LogP contribution in [0.2, 0.25) is 0 Å². The molecule has 20 heavy (non-hydrogen) atoms. The number of halogens is 1. The largest absolute Gasteiger partial charge is 0.344 e. The number of rotatable bonds is 5. The molecule has 2 rings (SSSR count). The maximum atomic E-state index is 12.2. The summed E-state index contributed by atoms with van der Waals surface area (Å²) in [5, 5.41) is 2.05. The van der Waals surface area contributed by atoms with Gasteiger partial charge in [0.1, 0.15) is 6.04 Å². The van der Waals surface area contributed by atoms with Gasteiger partial charge in [-0.2, -0.15) is 0 Å². The molecule has 0 aliphatic rings. The SMILES string of the molecule is CN(CCc1cccs1)C(=O)C(N)c1ccccc1.Cl. The van der Waals surface area contributed by atoms with Crippen LogP contribution in [-0.2, 0) is 11.2 Å². The monoisotopic (exact) mass is 310 g/mol. The van der Waals surface area contributed by atoms with Gasteiger partial charge in [-0.05, 0) is 23.4 Å². The third-order valence-corrected chi connectivity index (χ3v) is 4.01.